The zero-order valence-electron chi connectivity index (χ0n) is 12.8. The van der Waals surface area contributed by atoms with Crippen molar-refractivity contribution < 1.29 is 14.3 Å². The highest BCUT2D eigenvalue weighted by Gasteiger charge is 2.18. The van der Waals surface area contributed by atoms with Gasteiger partial charge in [0, 0.05) is 29.6 Å². The number of carbonyl (C=O) groups excluding carboxylic acids is 1. The molecule has 1 aromatic carbocycles. The fourth-order valence-corrected chi connectivity index (χ4v) is 3.33. The van der Waals surface area contributed by atoms with Crippen molar-refractivity contribution in [2.45, 2.75) is 25.6 Å². The van der Waals surface area contributed by atoms with Crippen LogP contribution in [0.15, 0.2) is 23.6 Å². The number of thiazole rings is 1. The van der Waals surface area contributed by atoms with E-state index in [1.54, 1.807) is 23.6 Å². The van der Waals surface area contributed by atoms with Crippen molar-refractivity contribution in [2.75, 3.05) is 13.2 Å². The van der Waals surface area contributed by atoms with E-state index in [0.717, 1.165) is 19.4 Å². The predicted molar refractivity (Wildman–Crippen MR) is 94.2 cm³/mol. The highest BCUT2D eigenvalue weighted by molar-refractivity contribution is 7.09. The molecule has 128 valence electrons. The molecule has 0 bridgehead atoms. The molecule has 5 nitrogen and oxygen atoms in total. The van der Waals surface area contributed by atoms with Crippen LogP contribution in [0.5, 0.6) is 5.75 Å². The van der Waals surface area contributed by atoms with Gasteiger partial charge in [0.25, 0.3) is 5.91 Å². The second kappa shape index (κ2) is 8.16. The summed E-state index contributed by atoms with van der Waals surface area (Å²) in [6.07, 6.45) is 2.14. The summed E-state index contributed by atoms with van der Waals surface area (Å²) in [6, 6.07) is 5.01. The molecule has 1 aliphatic heterocycles. The van der Waals surface area contributed by atoms with Crippen LogP contribution in [-0.4, -0.2) is 30.1 Å². The van der Waals surface area contributed by atoms with Crippen molar-refractivity contribution >= 4 is 40.4 Å². The van der Waals surface area contributed by atoms with Gasteiger partial charge in [0.1, 0.15) is 23.1 Å². The predicted octanol–water partition coefficient (Wildman–Crippen LogP) is 3.94. The summed E-state index contributed by atoms with van der Waals surface area (Å²) in [7, 11) is 0. The molecule has 1 aliphatic rings. The van der Waals surface area contributed by atoms with Gasteiger partial charge >= 0.3 is 0 Å². The fraction of sp³-hybridized carbons (Fsp3) is 0.375. The molecule has 1 saturated heterocycles. The van der Waals surface area contributed by atoms with Gasteiger partial charge in [-0.05, 0) is 25.0 Å². The summed E-state index contributed by atoms with van der Waals surface area (Å²) in [6.45, 7) is 1.51. The van der Waals surface area contributed by atoms with E-state index in [9.17, 15) is 4.79 Å². The number of rotatable bonds is 6. The number of aromatic nitrogens is 1. The molecule has 0 spiro atoms. The minimum absolute atomic E-state index is 0.111. The molecule has 0 unspecified atom stereocenters. The first-order chi connectivity index (χ1) is 11.6. The second-order valence-corrected chi connectivity index (χ2v) is 7.12. The van der Waals surface area contributed by atoms with E-state index in [4.69, 9.17) is 32.7 Å². The Hall–Kier alpha value is -1.34. The van der Waals surface area contributed by atoms with Crippen molar-refractivity contribution in [3.05, 3.63) is 44.3 Å². The summed E-state index contributed by atoms with van der Waals surface area (Å²) >= 11 is 13.3. The largest absolute Gasteiger partial charge is 0.485 e. The number of nitrogens with zero attached hydrogens (tertiary/aromatic N) is 1. The molecule has 1 atom stereocenters. The van der Waals surface area contributed by atoms with Crippen LogP contribution in [0.2, 0.25) is 10.0 Å². The van der Waals surface area contributed by atoms with Gasteiger partial charge in [0.15, 0.2) is 0 Å². The maximum Gasteiger partial charge on any atom is 0.270 e. The first-order valence-electron chi connectivity index (χ1n) is 7.54. The second-order valence-electron chi connectivity index (χ2n) is 5.33. The summed E-state index contributed by atoms with van der Waals surface area (Å²) in [5.74, 6) is 0.289. The normalized spacial score (nSPS) is 17.0. The van der Waals surface area contributed by atoms with Gasteiger partial charge in [0.05, 0.1) is 11.1 Å². The lowest BCUT2D eigenvalue weighted by molar-refractivity contribution is 0.0854. The number of hydrogen-bond acceptors (Lipinski definition) is 5. The van der Waals surface area contributed by atoms with E-state index < -0.39 is 0 Å². The summed E-state index contributed by atoms with van der Waals surface area (Å²) < 4.78 is 11.1. The third-order valence-corrected chi connectivity index (χ3v) is 4.91. The number of carbonyl (C=O) groups is 1. The Labute approximate surface area is 153 Å². The highest BCUT2D eigenvalue weighted by Crippen LogP contribution is 2.28. The van der Waals surface area contributed by atoms with Gasteiger partial charge in [-0.1, -0.05) is 23.2 Å². The molecule has 1 amide bonds. The Morgan fingerprint density at radius 1 is 1.46 bits per heavy atom. The lowest BCUT2D eigenvalue weighted by Crippen LogP contribution is -2.31. The number of hydrogen-bond donors (Lipinski definition) is 1. The monoisotopic (exact) mass is 386 g/mol. The molecule has 24 heavy (non-hydrogen) atoms. The number of nitrogens with one attached hydrogen (secondary N) is 1. The Morgan fingerprint density at radius 2 is 2.33 bits per heavy atom. The zero-order valence-corrected chi connectivity index (χ0v) is 15.1. The number of amides is 1. The first-order valence-corrected chi connectivity index (χ1v) is 9.17. The van der Waals surface area contributed by atoms with Gasteiger partial charge in [-0.3, -0.25) is 4.79 Å². The molecule has 2 aromatic rings. The first kappa shape index (κ1) is 17.5. The van der Waals surface area contributed by atoms with Crippen LogP contribution >= 0.6 is 34.5 Å². The average molecular weight is 387 g/mol. The van der Waals surface area contributed by atoms with Gasteiger partial charge in [-0.25, -0.2) is 4.98 Å². The number of ether oxygens (including phenoxy) is 2. The summed E-state index contributed by atoms with van der Waals surface area (Å²) in [5, 5.41) is 6.27. The van der Waals surface area contributed by atoms with E-state index in [1.165, 1.54) is 11.3 Å². The Balaban J connectivity index is 1.53. The molecule has 0 radical (unpaired) electrons. The molecule has 2 heterocycles. The maximum absolute atomic E-state index is 12.1. The molecule has 1 aromatic heterocycles. The minimum atomic E-state index is -0.200. The van der Waals surface area contributed by atoms with Crippen LogP contribution in [0, 0.1) is 0 Å². The zero-order chi connectivity index (χ0) is 16.9. The number of halogens is 2. The summed E-state index contributed by atoms with van der Waals surface area (Å²) in [5.41, 5.74) is 0.383. The molecular weight excluding hydrogens is 371 g/mol. The molecule has 1 N–H and O–H groups in total. The smallest absolute Gasteiger partial charge is 0.270 e. The van der Waals surface area contributed by atoms with Crippen LogP contribution in [0.25, 0.3) is 0 Å². The molecular formula is C16H16Cl2N2O3S. The topological polar surface area (TPSA) is 60.5 Å². The van der Waals surface area contributed by atoms with Crippen molar-refractivity contribution in [3.63, 3.8) is 0 Å². The van der Waals surface area contributed by atoms with Crippen LogP contribution in [-0.2, 0) is 11.3 Å². The van der Waals surface area contributed by atoms with Crippen LogP contribution in [0.1, 0.15) is 28.3 Å². The third-order valence-electron chi connectivity index (χ3n) is 3.54. The highest BCUT2D eigenvalue weighted by atomic mass is 35.5. The van der Waals surface area contributed by atoms with Crippen LogP contribution < -0.4 is 10.1 Å². The van der Waals surface area contributed by atoms with Crippen molar-refractivity contribution in [2.24, 2.45) is 0 Å². The van der Waals surface area contributed by atoms with E-state index >= 15 is 0 Å². The van der Waals surface area contributed by atoms with Crippen molar-refractivity contribution in [3.8, 4) is 5.75 Å². The van der Waals surface area contributed by atoms with E-state index in [0.29, 0.717) is 33.0 Å². The third kappa shape index (κ3) is 4.60. The van der Waals surface area contributed by atoms with Gasteiger partial charge < -0.3 is 14.8 Å². The van der Waals surface area contributed by atoms with E-state index in [1.807, 2.05) is 0 Å². The molecule has 0 saturated carbocycles. The Kier molecular flexibility index (Phi) is 5.94. The van der Waals surface area contributed by atoms with Crippen molar-refractivity contribution in [1.29, 1.82) is 0 Å². The molecule has 0 aliphatic carbocycles. The molecule has 1 fully saturated rings. The van der Waals surface area contributed by atoms with Gasteiger partial charge in [-0.15, -0.1) is 11.3 Å². The molecule has 3 rings (SSSR count). The fourth-order valence-electron chi connectivity index (χ4n) is 2.31. The standard InChI is InChI=1S/C16H16Cl2N2O3S/c17-10-3-4-12(18)14(6-10)23-8-15-20-13(9-24-15)16(21)19-7-11-2-1-5-22-11/h3-4,6,9,11H,1-2,5,7-8H2,(H,19,21)/t11-/m0/s1. The number of benzene rings is 1. The quantitative estimate of drug-likeness (QED) is 0.816. The van der Waals surface area contributed by atoms with Crippen LogP contribution in [0.4, 0.5) is 0 Å². The lowest BCUT2D eigenvalue weighted by Gasteiger charge is -2.09. The minimum Gasteiger partial charge on any atom is -0.485 e. The van der Waals surface area contributed by atoms with Gasteiger partial charge in [0.2, 0.25) is 0 Å². The van der Waals surface area contributed by atoms with Crippen LogP contribution in [0.3, 0.4) is 0 Å². The lowest BCUT2D eigenvalue weighted by atomic mass is 10.2. The Bertz CT molecular complexity index is 717. The Morgan fingerprint density at radius 3 is 3.12 bits per heavy atom. The van der Waals surface area contributed by atoms with E-state index in [-0.39, 0.29) is 18.6 Å². The maximum atomic E-state index is 12.1. The summed E-state index contributed by atoms with van der Waals surface area (Å²) in [4.78, 5) is 16.4. The SMILES string of the molecule is O=C(NC[C@@H]1CCCO1)c1csc(COc2cc(Cl)ccc2Cl)n1. The van der Waals surface area contributed by atoms with Crippen molar-refractivity contribution in [1.82, 2.24) is 10.3 Å². The van der Waals surface area contributed by atoms with E-state index in [2.05, 4.69) is 10.3 Å². The van der Waals surface area contributed by atoms with Gasteiger partial charge in [-0.2, -0.15) is 0 Å². The average Bonchev–Trinajstić information content (AvgIpc) is 3.25. The molecule has 8 heteroatoms.